The van der Waals surface area contributed by atoms with Crippen molar-refractivity contribution in [2.75, 3.05) is 7.11 Å². The zero-order valence-electron chi connectivity index (χ0n) is 11.0. The summed E-state index contributed by atoms with van der Waals surface area (Å²) >= 11 is 3.13. The number of methoxy groups -OCH3 is 1. The summed E-state index contributed by atoms with van der Waals surface area (Å²) in [7, 11) is 1.55. The molecule has 0 atom stereocenters. The number of ether oxygens (including phenoxy) is 1. The Labute approximate surface area is 121 Å². The number of rotatable bonds is 3. The van der Waals surface area contributed by atoms with E-state index in [1.165, 1.54) is 6.07 Å². The molecule has 0 amide bonds. The fraction of sp³-hybridized carbons (Fsp3) is 0.533. The lowest BCUT2D eigenvalue weighted by Crippen LogP contribution is -2.40. The fourth-order valence-corrected chi connectivity index (χ4v) is 3.11. The summed E-state index contributed by atoms with van der Waals surface area (Å²) in [5, 5.41) is 0. The molecule has 19 heavy (non-hydrogen) atoms. The first-order valence-corrected chi connectivity index (χ1v) is 7.44. The molecular formula is C15H18BrFO2. The normalized spacial score (nSPS) is 18.9. The first-order valence-electron chi connectivity index (χ1n) is 6.65. The summed E-state index contributed by atoms with van der Waals surface area (Å²) in [5.74, 6) is -0.719. The van der Waals surface area contributed by atoms with Gasteiger partial charge >= 0.3 is 0 Å². The predicted octanol–water partition coefficient (Wildman–Crippen LogP) is 4.51. The third kappa shape index (κ3) is 2.90. The van der Waals surface area contributed by atoms with Gasteiger partial charge in [0.05, 0.1) is 10.0 Å². The third-order valence-corrected chi connectivity index (χ3v) is 4.52. The SMILES string of the molecule is COC1(C(=O)c2cccc(Br)c2F)CCCCCC1. The van der Waals surface area contributed by atoms with Crippen molar-refractivity contribution >= 4 is 21.7 Å². The Morgan fingerprint density at radius 3 is 2.47 bits per heavy atom. The number of carbonyl (C=O) groups excluding carboxylic acids is 1. The minimum Gasteiger partial charge on any atom is -0.370 e. The van der Waals surface area contributed by atoms with Crippen molar-refractivity contribution in [3.63, 3.8) is 0 Å². The van der Waals surface area contributed by atoms with Crippen LogP contribution in [0, 0.1) is 5.82 Å². The van der Waals surface area contributed by atoms with Crippen molar-refractivity contribution in [1.29, 1.82) is 0 Å². The molecule has 1 aliphatic carbocycles. The summed E-state index contributed by atoms with van der Waals surface area (Å²) in [4.78, 5) is 12.7. The van der Waals surface area contributed by atoms with Crippen molar-refractivity contribution in [2.45, 2.75) is 44.1 Å². The number of ketones is 1. The fourth-order valence-electron chi connectivity index (χ4n) is 2.75. The van der Waals surface area contributed by atoms with Gasteiger partial charge < -0.3 is 4.74 Å². The van der Waals surface area contributed by atoms with E-state index in [2.05, 4.69) is 15.9 Å². The molecule has 104 valence electrons. The van der Waals surface area contributed by atoms with Crippen LogP contribution in [-0.4, -0.2) is 18.5 Å². The summed E-state index contributed by atoms with van der Waals surface area (Å²) in [6.07, 6.45) is 5.48. The van der Waals surface area contributed by atoms with E-state index >= 15 is 0 Å². The Morgan fingerprint density at radius 2 is 1.89 bits per heavy atom. The Bertz CT molecular complexity index is 465. The molecule has 1 aromatic rings. The highest BCUT2D eigenvalue weighted by Gasteiger charge is 2.40. The van der Waals surface area contributed by atoms with Crippen LogP contribution in [0.4, 0.5) is 4.39 Å². The highest BCUT2D eigenvalue weighted by molar-refractivity contribution is 9.10. The third-order valence-electron chi connectivity index (χ3n) is 3.91. The quantitative estimate of drug-likeness (QED) is 0.602. The van der Waals surface area contributed by atoms with Gasteiger partial charge in [-0.25, -0.2) is 4.39 Å². The maximum absolute atomic E-state index is 14.1. The molecule has 1 saturated carbocycles. The Morgan fingerprint density at radius 1 is 1.26 bits per heavy atom. The molecule has 1 aliphatic rings. The number of hydrogen-bond donors (Lipinski definition) is 0. The van der Waals surface area contributed by atoms with Gasteiger partial charge in [-0.1, -0.05) is 31.7 Å². The second-order valence-corrected chi connectivity index (χ2v) is 5.90. The summed E-state index contributed by atoms with van der Waals surface area (Å²) in [6, 6.07) is 4.81. The lowest BCUT2D eigenvalue weighted by Gasteiger charge is -2.30. The maximum Gasteiger partial charge on any atom is 0.197 e. The number of hydrogen-bond acceptors (Lipinski definition) is 2. The lowest BCUT2D eigenvalue weighted by atomic mass is 9.85. The molecular weight excluding hydrogens is 311 g/mol. The van der Waals surface area contributed by atoms with Crippen LogP contribution < -0.4 is 0 Å². The molecule has 2 nitrogen and oxygen atoms in total. The molecule has 0 saturated heterocycles. The molecule has 0 unspecified atom stereocenters. The first-order chi connectivity index (χ1) is 9.10. The van der Waals surface area contributed by atoms with Crippen molar-refractivity contribution in [3.8, 4) is 0 Å². The molecule has 0 bridgehead atoms. The summed E-state index contributed by atoms with van der Waals surface area (Å²) < 4.78 is 19.9. The van der Waals surface area contributed by atoms with Crippen LogP contribution in [0.1, 0.15) is 48.9 Å². The molecule has 4 heteroatoms. The number of benzene rings is 1. The molecule has 0 heterocycles. The minimum absolute atomic E-state index is 0.123. The molecule has 0 spiro atoms. The van der Waals surface area contributed by atoms with Gasteiger partial charge in [0.15, 0.2) is 5.78 Å². The van der Waals surface area contributed by atoms with E-state index in [1.807, 2.05) is 0 Å². The highest BCUT2D eigenvalue weighted by Crippen LogP contribution is 2.34. The van der Waals surface area contributed by atoms with Crippen molar-refractivity contribution in [3.05, 3.63) is 34.1 Å². The minimum atomic E-state index is -0.849. The van der Waals surface area contributed by atoms with Gasteiger partial charge in [0.25, 0.3) is 0 Å². The molecule has 1 aromatic carbocycles. The van der Waals surface area contributed by atoms with Gasteiger partial charge in [-0.2, -0.15) is 0 Å². The van der Waals surface area contributed by atoms with E-state index in [0.29, 0.717) is 17.3 Å². The molecule has 1 fully saturated rings. The van der Waals surface area contributed by atoms with Crippen LogP contribution in [0.15, 0.2) is 22.7 Å². The summed E-state index contributed by atoms with van der Waals surface area (Å²) in [5.41, 5.74) is -0.726. The zero-order chi connectivity index (χ0) is 13.9. The average Bonchev–Trinajstić information content (AvgIpc) is 2.67. The highest BCUT2D eigenvalue weighted by atomic mass is 79.9. The molecule has 0 aliphatic heterocycles. The van der Waals surface area contributed by atoms with Gasteiger partial charge in [0, 0.05) is 7.11 Å². The van der Waals surface area contributed by atoms with E-state index in [0.717, 1.165) is 25.7 Å². The largest absolute Gasteiger partial charge is 0.370 e. The molecule has 2 rings (SSSR count). The Balaban J connectivity index is 2.37. The lowest BCUT2D eigenvalue weighted by molar-refractivity contribution is -0.00723. The standard InChI is InChI=1S/C15H18BrFO2/c1-19-15(9-4-2-3-5-10-15)14(18)11-7-6-8-12(16)13(11)17/h6-8H,2-5,9-10H2,1H3. The molecule has 0 N–H and O–H groups in total. The average molecular weight is 329 g/mol. The van der Waals surface area contributed by atoms with E-state index in [9.17, 15) is 9.18 Å². The van der Waals surface area contributed by atoms with Crippen LogP contribution in [0.2, 0.25) is 0 Å². The van der Waals surface area contributed by atoms with Gasteiger partial charge in [0.1, 0.15) is 11.4 Å². The van der Waals surface area contributed by atoms with Crippen LogP contribution >= 0.6 is 15.9 Å². The number of Topliss-reactive ketones (excluding diaryl/α,β-unsaturated/α-hetero) is 1. The van der Waals surface area contributed by atoms with Crippen LogP contribution in [0.3, 0.4) is 0 Å². The van der Waals surface area contributed by atoms with Crippen molar-refractivity contribution in [2.24, 2.45) is 0 Å². The summed E-state index contributed by atoms with van der Waals surface area (Å²) in [6.45, 7) is 0. The smallest absolute Gasteiger partial charge is 0.197 e. The molecule has 0 radical (unpaired) electrons. The van der Waals surface area contributed by atoms with E-state index in [-0.39, 0.29) is 11.3 Å². The van der Waals surface area contributed by atoms with Crippen LogP contribution in [0.25, 0.3) is 0 Å². The second kappa shape index (κ2) is 6.14. The monoisotopic (exact) mass is 328 g/mol. The first kappa shape index (κ1) is 14.7. The zero-order valence-corrected chi connectivity index (χ0v) is 12.6. The Hall–Kier alpha value is -0.740. The maximum atomic E-state index is 14.1. The van der Waals surface area contributed by atoms with Crippen LogP contribution in [-0.2, 0) is 4.74 Å². The van der Waals surface area contributed by atoms with Crippen LogP contribution in [0.5, 0.6) is 0 Å². The Kier molecular flexibility index (Phi) is 4.74. The topological polar surface area (TPSA) is 26.3 Å². The molecule has 0 aromatic heterocycles. The second-order valence-electron chi connectivity index (χ2n) is 5.04. The van der Waals surface area contributed by atoms with E-state index in [4.69, 9.17) is 4.74 Å². The van der Waals surface area contributed by atoms with Crippen molar-refractivity contribution < 1.29 is 13.9 Å². The van der Waals surface area contributed by atoms with Gasteiger partial charge in [-0.15, -0.1) is 0 Å². The number of halogens is 2. The van der Waals surface area contributed by atoms with Gasteiger partial charge in [-0.3, -0.25) is 4.79 Å². The van der Waals surface area contributed by atoms with Gasteiger partial charge in [-0.05, 0) is 40.9 Å². The van der Waals surface area contributed by atoms with Crippen molar-refractivity contribution in [1.82, 2.24) is 0 Å². The van der Waals surface area contributed by atoms with E-state index < -0.39 is 11.4 Å². The van der Waals surface area contributed by atoms with E-state index in [1.54, 1.807) is 19.2 Å². The van der Waals surface area contributed by atoms with Gasteiger partial charge in [0.2, 0.25) is 0 Å². The predicted molar refractivity (Wildman–Crippen MR) is 75.9 cm³/mol. The number of carbonyl (C=O) groups is 1.